The molecule has 0 N–H and O–H groups in total. The average molecular weight is 108 g/mol. The largest absolute Gasteiger partial charge is 0.376 e. The van der Waals surface area contributed by atoms with Gasteiger partial charge in [-0.25, -0.2) is 0 Å². The van der Waals surface area contributed by atoms with Gasteiger partial charge in [0.1, 0.15) is 0 Å². The first-order chi connectivity index (χ1) is 3.93. The highest BCUT2D eigenvalue weighted by Crippen LogP contribution is 2.00. The molecular weight excluding hydrogens is 100 g/mol. The zero-order valence-electron chi connectivity index (χ0n) is 4.85. The lowest BCUT2D eigenvalue weighted by molar-refractivity contribution is 0.143. The molecule has 0 heterocycles. The molecule has 0 bridgehead atoms. The Morgan fingerprint density at radius 3 is 2.88 bits per heavy atom. The smallest absolute Gasteiger partial charge is 0.0872 e. The summed E-state index contributed by atoms with van der Waals surface area (Å²) in [7, 11) is 1.70. The lowest BCUT2D eigenvalue weighted by Crippen LogP contribution is -2.04. The fraction of sp³-hybridized carbons (Fsp3) is 0.429. The SMILES string of the molecule is COC1C=C=C=CC1. The predicted molar refractivity (Wildman–Crippen MR) is 31.6 cm³/mol. The molecule has 0 fully saturated rings. The summed E-state index contributed by atoms with van der Waals surface area (Å²) in [6.07, 6.45) is 4.97. The summed E-state index contributed by atoms with van der Waals surface area (Å²) in [5, 5.41) is 0. The number of hydrogen-bond acceptors (Lipinski definition) is 1. The minimum atomic E-state index is 0.233. The Hall–Kier alpha value is -0.740. The molecule has 1 unspecified atom stereocenters. The van der Waals surface area contributed by atoms with Crippen LogP contribution in [0.5, 0.6) is 0 Å². The van der Waals surface area contributed by atoms with E-state index in [2.05, 4.69) is 11.5 Å². The van der Waals surface area contributed by atoms with E-state index in [1.807, 2.05) is 12.2 Å². The Morgan fingerprint density at radius 2 is 2.50 bits per heavy atom. The molecule has 42 valence electrons. The van der Waals surface area contributed by atoms with E-state index in [1.54, 1.807) is 7.11 Å². The summed E-state index contributed by atoms with van der Waals surface area (Å²) in [6, 6.07) is 0. The van der Waals surface area contributed by atoms with Crippen LogP contribution in [0.3, 0.4) is 0 Å². The molecule has 0 saturated carbocycles. The van der Waals surface area contributed by atoms with Crippen molar-refractivity contribution in [2.24, 2.45) is 0 Å². The molecule has 1 aliphatic rings. The molecule has 1 atom stereocenters. The van der Waals surface area contributed by atoms with Crippen molar-refractivity contribution in [3.63, 3.8) is 0 Å². The Morgan fingerprint density at radius 1 is 1.62 bits per heavy atom. The zero-order valence-corrected chi connectivity index (χ0v) is 4.85. The van der Waals surface area contributed by atoms with Crippen LogP contribution < -0.4 is 0 Å². The third kappa shape index (κ3) is 1.11. The maximum absolute atomic E-state index is 5.00. The zero-order chi connectivity index (χ0) is 5.82. The summed E-state index contributed by atoms with van der Waals surface area (Å²) in [5.74, 6) is 0. The minimum absolute atomic E-state index is 0.233. The second kappa shape index (κ2) is 2.54. The van der Waals surface area contributed by atoms with Gasteiger partial charge in [-0.1, -0.05) is 11.5 Å². The first kappa shape index (κ1) is 5.40. The molecule has 0 aliphatic heterocycles. The number of rotatable bonds is 1. The summed E-state index contributed by atoms with van der Waals surface area (Å²) in [4.78, 5) is 0. The monoisotopic (exact) mass is 108 g/mol. The normalized spacial score (nSPS) is 24.4. The third-order valence-electron chi connectivity index (χ3n) is 1.11. The number of hydrogen-bond donors (Lipinski definition) is 0. The van der Waals surface area contributed by atoms with Crippen LogP contribution >= 0.6 is 0 Å². The Kier molecular flexibility index (Phi) is 1.71. The lowest BCUT2D eigenvalue weighted by atomic mass is 10.2. The fourth-order valence-corrected chi connectivity index (χ4v) is 0.607. The highest BCUT2D eigenvalue weighted by Gasteiger charge is 1.98. The van der Waals surface area contributed by atoms with Crippen LogP contribution in [-0.2, 0) is 4.74 Å². The van der Waals surface area contributed by atoms with Gasteiger partial charge in [-0.3, -0.25) is 0 Å². The summed E-state index contributed by atoms with van der Waals surface area (Å²) >= 11 is 0. The van der Waals surface area contributed by atoms with E-state index in [0.29, 0.717) is 0 Å². The molecule has 1 rings (SSSR count). The molecule has 1 aliphatic carbocycles. The molecule has 8 heavy (non-hydrogen) atoms. The third-order valence-corrected chi connectivity index (χ3v) is 1.11. The van der Waals surface area contributed by atoms with E-state index in [-0.39, 0.29) is 6.10 Å². The summed E-state index contributed by atoms with van der Waals surface area (Å²) < 4.78 is 5.00. The van der Waals surface area contributed by atoms with Gasteiger partial charge >= 0.3 is 0 Å². The molecule has 1 heteroatoms. The van der Waals surface area contributed by atoms with Crippen molar-refractivity contribution in [1.29, 1.82) is 0 Å². The standard InChI is InChI=1S/C7H8O/c1-8-7-5-3-2-4-6-7/h3,6-7H,5H2,1H3. The topological polar surface area (TPSA) is 9.23 Å². The van der Waals surface area contributed by atoms with Crippen molar-refractivity contribution >= 4 is 0 Å². The molecule has 0 aromatic carbocycles. The van der Waals surface area contributed by atoms with Crippen molar-refractivity contribution in [2.75, 3.05) is 7.11 Å². The minimum Gasteiger partial charge on any atom is -0.376 e. The molecule has 0 aromatic rings. The van der Waals surface area contributed by atoms with Crippen molar-refractivity contribution in [1.82, 2.24) is 0 Å². The van der Waals surface area contributed by atoms with E-state index in [4.69, 9.17) is 4.74 Å². The van der Waals surface area contributed by atoms with Gasteiger partial charge in [0.15, 0.2) is 0 Å². The Balaban J connectivity index is 2.59. The molecule has 0 amide bonds. The Bertz CT molecular complexity index is 157. The molecule has 0 saturated heterocycles. The van der Waals surface area contributed by atoms with Gasteiger partial charge in [-0.15, -0.1) is 0 Å². The second-order valence-electron chi connectivity index (χ2n) is 1.67. The van der Waals surface area contributed by atoms with Gasteiger partial charge in [0.05, 0.1) is 6.10 Å². The summed E-state index contributed by atoms with van der Waals surface area (Å²) in [6.45, 7) is 0. The highest BCUT2D eigenvalue weighted by molar-refractivity contribution is 5.00. The fourth-order valence-electron chi connectivity index (χ4n) is 0.607. The number of ether oxygens (including phenoxy) is 1. The van der Waals surface area contributed by atoms with Crippen LogP contribution in [0.15, 0.2) is 23.6 Å². The quantitative estimate of drug-likeness (QED) is 0.460. The van der Waals surface area contributed by atoms with Crippen LogP contribution in [-0.4, -0.2) is 13.2 Å². The van der Waals surface area contributed by atoms with E-state index < -0.39 is 0 Å². The lowest BCUT2D eigenvalue weighted by Gasteiger charge is -2.05. The van der Waals surface area contributed by atoms with Crippen molar-refractivity contribution in [3.8, 4) is 0 Å². The van der Waals surface area contributed by atoms with Gasteiger partial charge in [0.25, 0.3) is 0 Å². The molecular formula is C7H8O. The maximum Gasteiger partial charge on any atom is 0.0872 e. The van der Waals surface area contributed by atoms with Crippen LogP contribution in [0.4, 0.5) is 0 Å². The van der Waals surface area contributed by atoms with Crippen LogP contribution in [0.1, 0.15) is 6.42 Å². The first-order valence-electron chi connectivity index (χ1n) is 2.62. The van der Waals surface area contributed by atoms with Gasteiger partial charge in [-0.05, 0) is 12.2 Å². The van der Waals surface area contributed by atoms with Gasteiger partial charge in [0, 0.05) is 13.5 Å². The molecule has 0 radical (unpaired) electrons. The van der Waals surface area contributed by atoms with Crippen LogP contribution in [0.2, 0.25) is 0 Å². The second-order valence-corrected chi connectivity index (χ2v) is 1.67. The Labute approximate surface area is 49.0 Å². The maximum atomic E-state index is 5.00. The van der Waals surface area contributed by atoms with Crippen molar-refractivity contribution in [3.05, 3.63) is 23.6 Å². The van der Waals surface area contributed by atoms with Crippen LogP contribution in [0.25, 0.3) is 0 Å². The number of methoxy groups -OCH3 is 1. The van der Waals surface area contributed by atoms with Crippen LogP contribution in [0, 0.1) is 0 Å². The van der Waals surface area contributed by atoms with E-state index >= 15 is 0 Å². The van der Waals surface area contributed by atoms with Gasteiger partial charge in [0.2, 0.25) is 0 Å². The molecule has 1 nitrogen and oxygen atoms in total. The first-order valence-corrected chi connectivity index (χ1v) is 2.62. The molecule has 0 aromatic heterocycles. The van der Waals surface area contributed by atoms with E-state index in [0.717, 1.165) is 6.42 Å². The van der Waals surface area contributed by atoms with Crippen molar-refractivity contribution < 1.29 is 4.74 Å². The predicted octanol–water partition coefficient (Wildman–Crippen LogP) is 1.27. The van der Waals surface area contributed by atoms with Gasteiger partial charge < -0.3 is 4.74 Å². The van der Waals surface area contributed by atoms with E-state index in [9.17, 15) is 0 Å². The average Bonchev–Trinajstić information content (AvgIpc) is 1.90. The van der Waals surface area contributed by atoms with Gasteiger partial charge in [-0.2, -0.15) is 0 Å². The van der Waals surface area contributed by atoms with Crippen molar-refractivity contribution in [2.45, 2.75) is 12.5 Å². The van der Waals surface area contributed by atoms with E-state index in [1.165, 1.54) is 0 Å². The summed E-state index contributed by atoms with van der Waals surface area (Å²) in [5.41, 5.74) is 5.67. The molecule has 0 spiro atoms. The highest BCUT2D eigenvalue weighted by atomic mass is 16.5.